The number of phenols is 1. The molecule has 232 valence electrons. The Labute approximate surface area is 256 Å². The molecule has 5 aliphatic rings. The topological polar surface area (TPSA) is 112 Å². The van der Waals surface area contributed by atoms with Crippen LogP contribution in [-0.2, 0) is 16.6 Å². The van der Waals surface area contributed by atoms with E-state index in [4.69, 9.17) is 5.73 Å². The summed E-state index contributed by atoms with van der Waals surface area (Å²) in [6, 6.07) is 7.87. The molecule has 2 aromatic rings. The molecule has 0 saturated heterocycles. The monoisotopic (exact) mass is 585 g/mol. The predicted molar refractivity (Wildman–Crippen MR) is 170 cm³/mol. The van der Waals surface area contributed by atoms with Gasteiger partial charge in [-0.2, -0.15) is 5.10 Å². The number of aliphatic carboxylic acids is 1. The lowest BCUT2D eigenvalue weighted by Gasteiger charge is -2.70. The van der Waals surface area contributed by atoms with Crippen LogP contribution >= 0.6 is 0 Å². The number of nitrogens with two attached hydrogens (primary N) is 1. The van der Waals surface area contributed by atoms with Gasteiger partial charge in [0.25, 0.3) is 0 Å². The van der Waals surface area contributed by atoms with Gasteiger partial charge in [-0.05, 0) is 120 Å². The molecule has 0 spiro atoms. The van der Waals surface area contributed by atoms with Crippen LogP contribution in [0, 0.1) is 51.2 Å². The number of nitrogen functional groups attached to an aromatic ring is 1. The van der Waals surface area contributed by atoms with Gasteiger partial charge in [0.2, 0.25) is 0 Å². The predicted octanol–water partition coefficient (Wildman–Crippen LogP) is 7.98. The van der Waals surface area contributed by atoms with Crippen molar-refractivity contribution < 1.29 is 15.0 Å². The SMILES string of the molecule is CC1(C)CC2C3=C(c4cccc(O)c4)CC4[C@@]5(C)Cc6c(N)n[nH]c6C(C)(C)C5CC[C@@]4(C)[C@]3(C)CC[C@@H]2[C@H](C(=O)O)C1. The average molecular weight is 586 g/mol. The van der Waals surface area contributed by atoms with Crippen molar-refractivity contribution in [3.63, 3.8) is 0 Å². The highest BCUT2D eigenvalue weighted by molar-refractivity contribution is 5.75. The Morgan fingerprint density at radius 1 is 1.02 bits per heavy atom. The maximum absolute atomic E-state index is 12.7. The summed E-state index contributed by atoms with van der Waals surface area (Å²) in [5.74, 6) is 1.30. The number of carboxylic acid groups (broad SMARTS) is 1. The van der Waals surface area contributed by atoms with Crippen molar-refractivity contribution in [2.24, 2.45) is 51.2 Å². The standard InChI is InChI=1S/C37H51N3O3/c1-33(2)17-24-22(25(18-33)32(42)43)11-13-37(7)29(24)23(20-9-8-10-21(41)15-20)16-28-35(5)19-26-30(39-40-31(26)38)34(3,4)27(35)12-14-36(28,37)6/h8-10,15,22,24-25,27-28,41H,11-14,16-19H2,1-7H3,(H,42,43)(H3,38,39,40)/t22-,24?,25+,27?,28?,35-,36+,37+/m0/s1. The second kappa shape index (κ2) is 8.91. The van der Waals surface area contributed by atoms with E-state index >= 15 is 0 Å². The van der Waals surface area contributed by atoms with E-state index in [9.17, 15) is 15.0 Å². The quantitative estimate of drug-likeness (QED) is 0.285. The van der Waals surface area contributed by atoms with E-state index in [0.717, 1.165) is 56.9 Å². The van der Waals surface area contributed by atoms with Gasteiger partial charge in [0.1, 0.15) is 11.6 Å². The third-order valence-electron chi connectivity index (χ3n) is 14.3. The van der Waals surface area contributed by atoms with E-state index in [2.05, 4.69) is 64.7 Å². The van der Waals surface area contributed by atoms with Gasteiger partial charge in [0, 0.05) is 16.7 Å². The van der Waals surface area contributed by atoms with Gasteiger partial charge >= 0.3 is 5.97 Å². The summed E-state index contributed by atoms with van der Waals surface area (Å²) in [6.45, 7) is 17.0. The van der Waals surface area contributed by atoms with Gasteiger partial charge in [0.15, 0.2) is 0 Å². The van der Waals surface area contributed by atoms with Crippen molar-refractivity contribution in [1.29, 1.82) is 0 Å². The Morgan fingerprint density at radius 2 is 1.77 bits per heavy atom. The molecule has 1 aromatic carbocycles. The number of hydrogen-bond donors (Lipinski definition) is 4. The third kappa shape index (κ3) is 3.76. The maximum atomic E-state index is 12.7. The van der Waals surface area contributed by atoms with Crippen molar-refractivity contribution in [2.45, 2.75) is 105 Å². The van der Waals surface area contributed by atoms with Crippen molar-refractivity contribution in [3.05, 3.63) is 46.7 Å². The summed E-state index contributed by atoms with van der Waals surface area (Å²) in [6.07, 6.45) is 7.97. The fraction of sp³-hybridized carbons (Fsp3) is 0.676. The first-order valence-corrected chi connectivity index (χ1v) is 16.6. The highest BCUT2D eigenvalue weighted by Gasteiger charge is 2.68. The molecule has 8 atom stereocenters. The Bertz CT molecular complexity index is 1540. The number of aromatic nitrogens is 2. The largest absolute Gasteiger partial charge is 0.508 e. The van der Waals surface area contributed by atoms with E-state index in [-0.39, 0.29) is 44.8 Å². The Morgan fingerprint density at radius 3 is 2.47 bits per heavy atom. The molecule has 1 aromatic heterocycles. The highest BCUT2D eigenvalue weighted by Crippen LogP contribution is 2.76. The summed E-state index contributed by atoms with van der Waals surface area (Å²) in [7, 11) is 0. The molecule has 6 nitrogen and oxygen atoms in total. The fourth-order valence-corrected chi connectivity index (χ4v) is 12.4. The number of fused-ring (bicyclic) bond motifs is 8. The first-order chi connectivity index (χ1) is 20.0. The van der Waals surface area contributed by atoms with Crippen molar-refractivity contribution in [3.8, 4) is 5.75 Å². The van der Waals surface area contributed by atoms with Crippen LogP contribution in [0.3, 0.4) is 0 Å². The number of benzene rings is 1. The Kier molecular flexibility index (Phi) is 6.01. The van der Waals surface area contributed by atoms with Crippen LogP contribution in [0.1, 0.15) is 110 Å². The summed E-state index contributed by atoms with van der Waals surface area (Å²) < 4.78 is 0. The lowest BCUT2D eigenvalue weighted by molar-refractivity contribution is -0.161. The van der Waals surface area contributed by atoms with Gasteiger partial charge in [-0.1, -0.05) is 66.2 Å². The second-order valence-electron chi connectivity index (χ2n) is 17.2. The van der Waals surface area contributed by atoms with Crippen LogP contribution in [-0.4, -0.2) is 26.4 Å². The van der Waals surface area contributed by atoms with Crippen LogP contribution in [0.4, 0.5) is 5.82 Å². The summed E-state index contributed by atoms with van der Waals surface area (Å²) in [4.78, 5) is 12.7. The van der Waals surface area contributed by atoms with Crippen molar-refractivity contribution >= 4 is 17.4 Å². The number of carboxylic acids is 1. The number of carbonyl (C=O) groups is 1. The van der Waals surface area contributed by atoms with Crippen LogP contribution in [0.2, 0.25) is 0 Å². The number of nitrogens with one attached hydrogen (secondary N) is 1. The van der Waals surface area contributed by atoms with Crippen molar-refractivity contribution in [1.82, 2.24) is 10.2 Å². The minimum absolute atomic E-state index is 0.0182. The van der Waals surface area contributed by atoms with E-state index in [0.29, 0.717) is 23.4 Å². The zero-order valence-electron chi connectivity index (χ0n) is 27.2. The van der Waals surface area contributed by atoms with Gasteiger partial charge in [-0.15, -0.1) is 0 Å². The van der Waals surface area contributed by atoms with Crippen LogP contribution in [0.25, 0.3) is 5.57 Å². The normalized spacial score (nSPS) is 40.9. The molecule has 7 rings (SSSR count). The molecule has 0 radical (unpaired) electrons. The summed E-state index contributed by atoms with van der Waals surface area (Å²) in [5.41, 5.74) is 12.9. The van der Waals surface area contributed by atoms with Crippen LogP contribution in [0.5, 0.6) is 5.75 Å². The van der Waals surface area contributed by atoms with E-state index in [1.807, 2.05) is 12.1 Å². The highest BCUT2D eigenvalue weighted by atomic mass is 16.4. The maximum Gasteiger partial charge on any atom is 0.306 e. The number of aromatic hydroxyl groups is 1. The van der Waals surface area contributed by atoms with Gasteiger partial charge < -0.3 is 15.9 Å². The molecule has 5 aliphatic carbocycles. The molecule has 3 unspecified atom stereocenters. The van der Waals surface area contributed by atoms with Gasteiger partial charge in [-0.3, -0.25) is 9.89 Å². The molecule has 0 aliphatic heterocycles. The zero-order valence-corrected chi connectivity index (χ0v) is 27.2. The summed E-state index contributed by atoms with van der Waals surface area (Å²) in [5, 5.41) is 29.0. The molecular formula is C37H51N3O3. The lowest BCUT2D eigenvalue weighted by Crippen LogP contribution is -2.64. The number of rotatable bonds is 2. The zero-order chi connectivity index (χ0) is 30.9. The molecule has 0 amide bonds. The minimum Gasteiger partial charge on any atom is -0.508 e. The number of aromatic amines is 1. The van der Waals surface area contributed by atoms with Crippen LogP contribution < -0.4 is 5.73 Å². The van der Waals surface area contributed by atoms with E-state index < -0.39 is 5.97 Å². The van der Waals surface area contributed by atoms with Crippen molar-refractivity contribution in [2.75, 3.05) is 5.73 Å². The summed E-state index contributed by atoms with van der Waals surface area (Å²) >= 11 is 0. The number of phenolic OH excluding ortho intramolecular Hbond substituents is 1. The first-order valence-electron chi connectivity index (χ1n) is 16.6. The molecule has 1 heterocycles. The molecule has 0 bridgehead atoms. The number of allylic oxidation sites excluding steroid dienone is 2. The fourth-order valence-electron chi connectivity index (χ4n) is 12.4. The molecule has 6 heteroatoms. The number of H-pyrrole nitrogens is 1. The molecular weight excluding hydrogens is 534 g/mol. The van der Waals surface area contributed by atoms with Crippen LogP contribution in [0.15, 0.2) is 29.8 Å². The molecule has 3 fully saturated rings. The molecule has 5 N–H and O–H groups in total. The number of hydrogen-bond acceptors (Lipinski definition) is 4. The lowest BCUT2D eigenvalue weighted by atomic mass is 9.33. The van der Waals surface area contributed by atoms with Gasteiger partial charge in [0.05, 0.1) is 5.92 Å². The third-order valence-corrected chi connectivity index (χ3v) is 14.3. The van der Waals surface area contributed by atoms with Gasteiger partial charge in [-0.25, -0.2) is 0 Å². The molecule has 3 saturated carbocycles. The minimum atomic E-state index is -0.628. The second-order valence-corrected chi connectivity index (χ2v) is 17.2. The smallest absolute Gasteiger partial charge is 0.306 e. The Balaban J connectivity index is 1.46. The van der Waals surface area contributed by atoms with E-state index in [1.54, 1.807) is 6.07 Å². The number of nitrogens with zero attached hydrogens (tertiary/aromatic N) is 1. The Hall–Kier alpha value is -2.76. The molecule has 43 heavy (non-hydrogen) atoms. The van der Waals surface area contributed by atoms with E-state index in [1.165, 1.54) is 22.4 Å². The first kappa shape index (κ1) is 29.0. The number of anilines is 1. The average Bonchev–Trinajstić information content (AvgIpc) is 3.28.